The predicted molar refractivity (Wildman–Crippen MR) is 73.9 cm³/mol. The van der Waals surface area contributed by atoms with Gasteiger partial charge in [-0.2, -0.15) is 4.98 Å². The van der Waals surface area contributed by atoms with Crippen molar-refractivity contribution in [3.05, 3.63) is 5.82 Å². The average molecular weight is 251 g/mol. The average Bonchev–Trinajstić information content (AvgIpc) is 2.78. The summed E-state index contributed by atoms with van der Waals surface area (Å²) in [6.45, 7) is 13.0. The molecule has 18 heavy (non-hydrogen) atoms. The minimum atomic E-state index is 0.453. The highest BCUT2D eigenvalue weighted by molar-refractivity contribution is 5.30. The molecule has 1 saturated heterocycles. The van der Waals surface area contributed by atoms with Crippen LogP contribution in [0, 0.1) is 11.8 Å². The lowest BCUT2D eigenvalue weighted by molar-refractivity contribution is 0.372. The molecule has 0 amide bonds. The highest BCUT2D eigenvalue weighted by atomic mass is 15.4. The van der Waals surface area contributed by atoms with Crippen LogP contribution in [-0.4, -0.2) is 41.4 Å². The van der Waals surface area contributed by atoms with E-state index in [1.165, 1.54) is 0 Å². The third-order valence-electron chi connectivity index (χ3n) is 3.64. The van der Waals surface area contributed by atoms with E-state index in [0.29, 0.717) is 17.8 Å². The summed E-state index contributed by atoms with van der Waals surface area (Å²) in [5.74, 6) is 3.50. The van der Waals surface area contributed by atoms with E-state index in [2.05, 4.69) is 48.1 Å². The fraction of sp³-hybridized carbons (Fsp3) is 0.846. The van der Waals surface area contributed by atoms with Crippen molar-refractivity contribution in [3.8, 4) is 0 Å². The van der Waals surface area contributed by atoms with E-state index in [-0.39, 0.29) is 0 Å². The first-order valence-corrected chi connectivity index (χ1v) is 6.97. The van der Waals surface area contributed by atoms with Crippen molar-refractivity contribution < 1.29 is 0 Å². The number of piperazine rings is 1. The van der Waals surface area contributed by atoms with Gasteiger partial charge in [0.15, 0.2) is 0 Å². The molecule has 1 aromatic heterocycles. The molecule has 5 heteroatoms. The monoisotopic (exact) mass is 251 g/mol. The van der Waals surface area contributed by atoms with Crippen LogP contribution < -0.4 is 10.2 Å². The molecule has 102 valence electrons. The number of anilines is 1. The summed E-state index contributed by atoms with van der Waals surface area (Å²) < 4.78 is 0. The van der Waals surface area contributed by atoms with Crippen LogP contribution in [0.3, 0.4) is 0 Å². The number of nitrogens with zero attached hydrogens (tertiary/aromatic N) is 3. The van der Waals surface area contributed by atoms with Gasteiger partial charge in [0.1, 0.15) is 5.82 Å². The summed E-state index contributed by atoms with van der Waals surface area (Å²) in [7, 11) is 0. The Bertz CT molecular complexity index is 357. The van der Waals surface area contributed by atoms with Crippen molar-refractivity contribution in [1.82, 2.24) is 20.5 Å². The van der Waals surface area contributed by atoms with Crippen molar-refractivity contribution in [2.24, 2.45) is 11.8 Å². The quantitative estimate of drug-likeness (QED) is 0.853. The molecule has 0 aromatic carbocycles. The van der Waals surface area contributed by atoms with Gasteiger partial charge in [0.25, 0.3) is 0 Å². The third-order valence-corrected chi connectivity index (χ3v) is 3.64. The fourth-order valence-electron chi connectivity index (χ4n) is 2.82. The van der Waals surface area contributed by atoms with E-state index >= 15 is 0 Å². The molecule has 1 aliphatic rings. The Balaban J connectivity index is 2.13. The van der Waals surface area contributed by atoms with Gasteiger partial charge < -0.3 is 10.2 Å². The largest absolute Gasteiger partial charge is 0.337 e. The number of nitrogens with one attached hydrogen (secondary N) is 2. The SMILES string of the molecule is CC(C)C(c1nc(N2CCNCC2)n[nH]1)C(C)C. The molecule has 0 radical (unpaired) electrons. The summed E-state index contributed by atoms with van der Waals surface area (Å²) in [6, 6.07) is 0. The van der Waals surface area contributed by atoms with Crippen LogP contribution in [0.15, 0.2) is 0 Å². The first-order valence-electron chi connectivity index (χ1n) is 6.97. The number of H-pyrrole nitrogens is 1. The third kappa shape index (κ3) is 2.83. The summed E-state index contributed by atoms with van der Waals surface area (Å²) in [6.07, 6.45) is 0. The maximum absolute atomic E-state index is 4.71. The van der Waals surface area contributed by atoms with Crippen molar-refractivity contribution in [2.75, 3.05) is 31.1 Å². The summed E-state index contributed by atoms with van der Waals surface area (Å²) in [5.41, 5.74) is 0. The molecular formula is C13H25N5. The van der Waals surface area contributed by atoms with Gasteiger partial charge in [0.05, 0.1) is 0 Å². The standard InChI is InChI=1S/C13H25N5/c1-9(2)11(10(3)4)12-15-13(17-16-12)18-7-5-14-6-8-18/h9-11,14H,5-8H2,1-4H3,(H,15,16,17). The molecule has 0 spiro atoms. The Labute approximate surface area is 109 Å². The lowest BCUT2D eigenvalue weighted by Crippen LogP contribution is -2.44. The first kappa shape index (κ1) is 13.3. The van der Waals surface area contributed by atoms with E-state index in [0.717, 1.165) is 38.0 Å². The van der Waals surface area contributed by atoms with E-state index in [1.54, 1.807) is 0 Å². The molecular weight excluding hydrogens is 226 g/mol. The molecule has 1 fully saturated rings. The van der Waals surface area contributed by atoms with E-state index in [9.17, 15) is 0 Å². The summed E-state index contributed by atoms with van der Waals surface area (Å²) >= 11 is 0. The number of rotatable bonds is 4. The molecule has 2 heterocycles. The first-order chi connectivity index (χ1) is 8.59. The second kappa shape index (κ2) is 5.69. The topological polar surface area (TPSA) is 56.8 Å². The van der Waals surface area contributed by atoms with Gasteiger partial charge in [-0.05, 0) is 11.8 Å². The van der Waals surface area contributed by atoms with Gasteiger partial charge in [0, 0.05) is 32.1 Å². The molecule has 0 bridgehead atoms. The number of aromatic amines is 1. The van der Waals surface area contributed by atoms with Gasteiger partial charge in [-0.25, -0.2) is 0 Å². The Kier molecular flexibility index (Phi) is 4.22. The molecule has 0 saturated carbocycles. The van der Waals surface area contributed by atoms with Crippen LogP contribution in [0.2, 0.25) is 0 Å². The molecule has 1 aliphatic heterocycles. The van der Waals surface area contributed by atoms with Crippen molar-refractivity contribution in [2.45, 2.75) is 33.6 Å². The predicted octanol–water partition coefficient (Wildman–Crippen LogP) is 1.61. The minimum Gasteiger partial charge on any atom is -0.337 e. The maximum atomic E-state index is 4.71. The van der Waals surface area contributed by atoms with Crippen LogP contribution in [0.5, 0.6) is 0 Å². The molecule has 0 atom stereocenters. The van der Waals surface area contributed by atoms with Crippen molar-refractivity contribution in [1.29, 1.82) is 0 Å². The van der Waals surface area contributed by atoms with Crippen molar-refractivity contribution in [3.63, 3.8) is 0 Å². The summed E-state index contributed by atoms with van der Waals surface area (Å²) in [5, 5.41) is 10.9. The molecule has 2 rings (SSSR count). The molecule has 0 unspecified atom stereocenters. The van der Waals surface area contributed by atoms with Crippen LogP contribution in [0.4, 0.5) is 5.95 Å². The maximum Gasteiger partial charge on any atom is 0.244 e. The second-order valence-corrected chi connectivity index (χ2v) is 5.77. The smallest absolute Gasteiger partial charge is 0.244 e. The van der Waals surface area contributed by atoms with E-state index < -0.39 is 0 Å². The van der Waals surface area contributed by atoms with E-state index in [1.807, 2.05) is 0 Å². The van der Waals surface area contributed by atoms with Gasteiger partial charge in [-0.3, -0.25) is 5.10 Å². The number of hydrogen-bond acceptors (Lipinski definition) is 4. The van der Waals surface area contributed by atoms with Crippen molar-refractivity contribution >= 4 is 5.95 Å². The van der Waals surface area contributed by atoms with Crippen LogP contribution >= 0.6 is 0 Å². The zero-order chi connectivity index (χ0) is 13.1. The lowest BCUT2D eigenvalue weighted by Gasteiger charge is -2.26. The zero-order valence-electron chi connectivity index (χ0n) is 11.9. The van der Waals surface area contributed by atoms with Gasteiger partial charge in [-0.1, -0.05) is 27.7 Å². The minimum absolute atomic E-state index is 0.453. The van der Waals surface area contributed by atoms with Crippen LogP contribution in [0.25, 0.3) is 0 Å². The fourth-order valence-corrected chi connectivity index (χ4v) is 2.82. The van der Waals surface area contributed by atoms with Gasteiger partial charge >= 0.3 is 0 Å². The van der Waals surface area contributed by atoms with Crippen LogP contribution in [0.1, 0.15) is 39.4 Å². The Morgan fingerprint density at radius 3 is 2.22 bits per heavy atom. The number of hydrogen-bond donors (Lipinski definition) is 2. The zero-order valence-corrected chi connectivity index (χ0v) is 11.9. The van der Waals surface area contributed by atoms with Gasteiger partial charge in [-0.15, -0.1) is 5.10 Å². The normalized spacial score (nSPS) is 17.2. The highest BCUT2D eigenvalue weighted by Gasteiger charge is 2.24. The lowest BCUT2D eigenvalue weighted by atomic mass is 9.85. The Morgan fingerprint density at radius 1 is 1.06 bits per heavy atom. The Hall–Kier alpha value is -1.10. The highest BCUT2D eigenvalue weighted by Crippen LogP contribution is 2.30. The van der Waals surface area contributed by atoms with E-state index in [4.69, 9.17) is 4.98 Å². The molecule has 0 aliphatic carbocycles. The van der Waals surface area contributed by atoms with Gasteiger partial charge in [0.2, 0.25) is 5.95 Å². The molecule has 1 aromatic rings. The molecule has 5 nitrogen and oxygen atoms in total. The summed E-state index contributed by atoms with van der Waals surface area (Å²) in [4.78, 5) is 6.95. The van der Waals surface area contributed by atoms with Crippen LogP contribution in [-0.2, 0) is 0 Å². The second-order valence-electron chi connectivity index (χ2n) is 5.77. The molecule has 2 N–H and O–H groups in total. The Morgan fingerprint density at radius 2 is 1.67 bits per heavy atom. The number of aromatic nitrogens is 3.